The highest BCUT2D eigenvalue weighted by Crippen LogP contribution is 2.17. The van der Waals surface area contributed by atoms with Crippen LogP contribution in [0, 0.1) is 0 Å². The number of hydrogen-bond donors (Lipinski definition) is 2. The predicted octanol–water partition coefficient (Wildman–Crippen LogP) is 0.564. The standard InChI is InChI=1S/C12H13N3O2/c13-12(17)10-6-15(8-14-10)11(7-16)9-4-2-1-3-5-9/h1-6,8,11,16H,7H2,(H2,13,17)/t11-/m0/s1. The Balaban J connectivity index is 2.32. The van der Waals surface area contributed by atoms with Crippen molar-refractivity contribution >= 4 is 5.91 Å². The molecule has 5 nitrogen and oxygen atoms in total. The maximum absolute atomic E-state index is 10.9. The summed E-state index contributed by atoms with van der Waals surface area (Å²) in [6, 6.07) is 9.25. The molecule has 1 aromatic heterocycles. The molecule has 0 bridgehead atoms. The normalized spacial score (nSPS) is 12.3. The summed E-state index contributed by atoms with van der Waals surface area (Å²) in [5.41, 5.74) is 6.27. The Morgan fingerprint density at radius 3 is 2.65 bits per heavy atom. The van der Waals surface area contributed by atoms with Crippen molar-refractivity contribution in [1.82, 2.24) is 9.55 Å². The van der Waals surface area contributed by atoms with E-state index in [9.17, 15) is 9.90 Å². The van der Waals surface area contributed by atoms with Crippen LogP contribution in [0.5, 0.6) is 0 Å². The molecule has 1 aromatic carbocycles. The molecule has 0 radical (unpaired) electrons. The average molecular weight is 231 g/mol. The van der Waals surface area contributed by atoms with Crippen LogP contribution in [0.1, 0.15) is 22.1 Å². The number of hydrogen-bond acceptors (Lipinski definition) is 3. The van der Waals surface area contributed by atoms with Crippen LogP contribution in [0.2, 0.25) is 0 Å². The summed E-state index contributed by atoms with van der Waals surface area (Å²) in [6.45, 7) is -0.0709. The number of nitrogens with zero attached hydrogens (tertiary/aromatic N) is 2. The van der Waals surface area contributed by atoms with Crippen molar-refractivity contribution in [2.45, 2.75) is 6.04 Å². The number of carbonyl (C=O) groups excluding carboxylic acids is 1. The van der Waals surface area contributed by atoms with Gasteiger partial charge >= 0.3 is 0 Å². The van der Waals surface area contributed by atoms with Gasteiger partial charge in [-0.2, -0.15) is 0 Å². The van der Waals surface area contributed by atoms with Crippen molar-refractivity contribution in [3.8, 4) is 0 Å². The second-order valence-corrected chi connectivity index (χ2v) is 3.68. The highest BCUT2D eigenvalue weighted by molar-refractivity contribution is 5.90. The third-order valence-electron chi connectivity index (χ3n) is 2.57. The summed E-state index contributed by atoms with van der Waals surface area (Å²) in [5.74, 6) is -0.575. The molecule has 1 amide bonds. The van der Waals surface area contributed by atoms with E-state index in [0.29, 0.717) is 0 Å². The van der Waals surface area contributed by atoms with Gasteiger partial charge in [0.25, 0.3) is 5.91 Å². The van der Waals surface area contributed by atoms with Crippen molar-refractivity contribution < 1.29 is 9.90 Å². The van der Waals surface area contributed by atoms with Gasteiger partial charge in [-0.1, -0.05) is 30.3 Å². The molecule has 0 spiro atoms. The molecule has 0 unspecified atom stereocenters. The van der Waals surface area contributed by atoms with Crippen LogP contribution in [0.15, 0.2) is 42.9 Å². The molecule has 0 aliphatic rings. The van der Waals surface area contributed by atoms with E-state index >= 15 is 0 Å². The molecule has 2 rings (SSSR count). The van der Waals surface area contributed by atoms with Crippen LogP contribution >= 0.6 is 0 Å². The lowest BCUT2D eigenvalue weighted by Gasteiger charge is -2.15. The second-order valence-electron chi connectivity index (χ2n) is 3.68. The largest absolute Gasteiger partial charge is 0.394 e. The molecule has 88 valence electrons. The van der Waals surface area contributed by atoms with Gasteiger partial charge in [-0.05, 0) is 5.56 Å². The van der Waals surface area contributed by atoms with Gasteiger partial charge in [0, 0.05) is 6.20 Å². The number of aliphatic hydroxyl groups is 1. The predicted molar refractivity (Wildman–Crippen MR) is 62.4 cm³/mol. The van der Waals surface area contributed by atoms with E-state index in [1.807, 2.05) is 30.3 Å². The van der Waals surface area contributed by atoms with Crippen LogP contribution in [-0.2, 0) is 0 Å². The fraction of sp³-hybridized carbons (Fsp3) is 0.167. The highest BCUT2D eigenvalue weighted by atomic mass is 16.3. The third-order valence-corrected chi connectivity index (χ3v) is 2.57. The molecular formula is C12H13N3O2. The van der Waals surface area contributed by atoms with Gasteiger partial charge in [0.1, 0.15) is 5.69 Å². The number of amides is 1. The minimum absolute atomic E-state index is 0.0709. The molecule has 17 heavy (non-hydrogen) atoms. The first-order chi connectivity index (χ1) is 8.22. The van der Waals surface area contributed by atoms with Crippen molar-refractivity contribution in [1.29, 1.82) is 0 Å². The SMILES string of the molecule is NC(=O)c1cn([C@@H](CO)c2ccccc2)cn1. The van der Waals surface area contributed by atoms with Crippen LogP contribution in [-0.4, -0.2) is 27.2 Å². The maximum atomic E-state index is 10.9. The van der Waals surface area contributed by atoms with E-state index in [0.717, 1.165) is 5.56 Å². The number of nitrogens with two attached hydrogens (primary N) is 1. The number of rotatable bonds is 4. The number of primary amides is 1. The number of imidazole rings is 1. The molecule has 1 heterocycles. The number of aromatic nitrogens is 2. The summed E-state index contributed by atoms with van der Waals surface area (Å²) in [5, 5.41) is 9.42. The fourth-order valence-corrected chi connectivity index (χ4v) is 1.68. The Hall–Kier alpha value is -2.14. The molecule has 5 heteroatoms. The van der Waals surface area contributed by atoms with Gasteiger partial charge in [0.05, 0.1) is 19.0 Å². The zero-order chi connectivity index (χ0) is 12.3. The lowest BCUT2D eigenvalue weighted by molar-refractivity contribution is 0.0996. The van der Waals surface area contributed by atoms with Crippen molar-refractivity contribution in [3.05, 3.63) is 54.1 Å². The molecule has 0 saturated heterocycles. The van der Waals surface area contributed by atoms with E-state index < -0.39 is 5.91 Å². The first-order valence-electron chi connectivity index (χ1n) is 5.21. The molecule has 0 saturated carbocycles. The number of benzene rings is 1. The summed E-state index contributed by atoms with van der Waals surface area (Å²) in [4.78, 5) is 14.8. The molecule has 0 aliphatic heterocycles. The monoisotopic (exact) mass is 231 g/mol. The lowest BCUT2D eigenvalue weighted by atomic mass is 10.1. The average Bonchev–Trinajstić information content (AvgIpc) is 2.81. The number of carbonyl (C=O) groups is 1. The van der Waals surface area contributed by atoms with E-state index in [1.54, 1.807) is 4.57 Å². The molecule has 2 aromatic rings. The quantitative estimate of drug-likeness (QED) is 0.806. The zero-order valence-electron chi connectivity index (χ0n) is 9.15. The first-order valence-corrected chi connectivity index (χ1v) is 5.21. The Labute approximate surface area is 98.5 Å². The highest BCUT2D eigenvalue weighted by Gasteiger charge is 2.14. The lowest BCUT2D eigenvalue weighted by Crippen LogP contribution is -2.14. The van der Waals surface area contributed by atoms with Crippen LogP contribution < -0.4 is 5.73 Å². The minimum atomic E-state index is -0.575. The third kappa shape index (κ3) is 2.34. The van der Waals surface area contributed by atoms with Gasteiger partial charge < -0.3 is 15.4 Å². The molecular weight excluding hydrogens is 218 g/mol. The molecule has 3 N–H and O–H groups in total. The van der Waals surface area contributed by atoms with Gasteiger partial charge in [0.15, 0.2) is 0 Å². The molecule has 1 atom stereocenters. The first kappa shape index (κ1) is 11.3. The molecule has 0 fully saturated rings. The Morgan fingerprint density at radius 2 is 2.12 bits per heavy atom. The van der Waals surface area contributed by atoms with Crippen LogP contribution in [0.3, 0.4) is 0 Å². The van der Waals surface area contributed by atoms with Crippen LogP contribution in [0.25, 0.3) is 0 Å². The Bertz CT molecular complexity index is 507. The maximum Gasteiger partial charge on any atom is 0.268 e. The summed E-state index contributed by atoms with van der Waals surface area (Å²) in [7, 11) is 0. The Kier molecular flexibility index (Phi) is 3.20. The van der Waals surface area contributed by atoms with Crippen molar-refractivity contribution in [3.63, 3.8) is 0 Å². The fourth-order valence-electron chi connectivity index (χ4n) is 1.68. The van der Waals surface area contributed by atoms with E-state index in [1.165, 1.54) is 12.5 Å². The smallest absolute Gasteiger partial charge is 0.268 e. The van der Waals surface area contributed by atoms with Gasteiger partial charge in [-0.15, -0.1) is 0 Å². The van der Waals surface area contributed by atoms with Crippen molar-refractivity contribution in [2.75, 3.05) is 6.61 Å². The van der Waals surface area contributed by atoms with Crippen LogP contribution in [0.4, 0.5) is 0 Å². The van der Waals surface area contributed by atoms with Gasteiger partial charge in [0.2, 0.25) is 0 Å². The zero-order valence-corrected chi connectivity index (χ0v) is 9.15. The number of aliphatic hydroxyl groups excluding tert-OH is 1. The van der Waals surface area contributed by atoms with E-state index in [4.69, 9.17) is 5.73 Å². The summed E-state index contributed by atoms with van der Waals surface area (Å²) < 4.78 is 1.68. The van der Waals surface area contributed by atoms with Crippen molar-refractivity contribution in [2.24, 2.45) is 5.73 Å². The van der Waals surface area contributed by atoms with Gasteiger partial charge in [-0.3, -0.25) is 4.79 Å². The Morgan fingerprint density at radius 1 is 1.41 bits per heavy atom. The summed E-state index contributed by atoms with van der Waals surface area (Å²) >= 11 is 0. The molecule has 0 aliphatic carbocycles. The van der Waals surface area contributed by atoms with E-state index in [2.05, 4.69) is 4.98 Å². The minimum Gasteiger partial charge on any atom is -0.394 e. The van der Waals surface area contributed by atoms with Gasteiger partial charge in [-0.25, -0.2) is 4.98 Å². The summed E-state index contributed by atoms with van der Waals surface area (Å²) in [6.07, 6.45) is 3.03. The second kappa shape index (κ2) is 4.80. The van der Waals surface area contributed by atoms with E-state index in [-0.39, 0.29) is 18.3 Å². The topological polar surface area (TPSA) is 81.1 Å².